The van der Waals surface area contributed by atoms with Gasteiger partial charge in [-0.25, -0.2) is 4.39 Å². The number of benzene rings is 2. The Balaban J connectivity index is 1.61. The van der Waals surface area contributed by atoms with Gasteiger partial charge in [0.05, 0.1) is 19.8 Å². The monoisotopic (exact) mass is 387 g/mol. The van der Waals surface area contributed by atoms with Gasteiger partial charge >= 0.3 is 0 Å². The maximum Gasteiger partial charge on any atom is 0.258 e. The summed E-state index contributed by atoms with van der Waals surface area (Å²) in [5.74, 6) is 0.287. The average Bonchev–Trinajstić information content (AvgIpc) is 3.00. The van der Waals surface area contributed by atoms with Crippen LogP contribution in [0.1, 0.15) is 40.7 Å². The summed E-state index contributed by atoms with van der Waals surface area (Å²) in [7, 11) is 3.09. The van der Waals surface area contributed by atoms with Crippen LogP contribution in [0.5, 0.6) is 17.2 Å². The fourth-order valence-corrected chi connectivity index (χ4v) is 3.33. The third-order valence-electron chi connectivity index (χ3n) is 4.71. The maximum absolute atomic E-state index is 14.0. The number of halogens is 1. The molecule has 0 aliphatic heterocycles. The predicted octanol–water partition coefficient (Wildman–Crippen LogP) is 3.23. The lowest BCUT2D eigenvalue weighted by Gasteiger charge is -2.13. The van der Waals surface area contributed by atoms with E-state index in [-0.39, 0.29) is 48.5 Å². The number of ether oxygens (including phenoxy) is 3. The Kier molecular flexibility index (Phi) is 5.82. The van der Waals surface area contributed by atoms with Crippen molar-refractivity contribution in [3.05, 3.63) is 52.8 Å². The summed E-state index contributed by atoms with van der Waals surface area (Å²) in [4.78, 5) is 24.3. The number of hydrogen-bond donors (Lipinski definition) is 1. The van der Waals surface area contributed by atoms with Crippen molar-refractivity contribution in [3.63, 3.8) is 0 Å². The van der Waals surface area contributed by atoms with E-state index in [1.807, 2.05) is 6.07 Å². The van der Waals surface area contributed by atoms with Crippen LogP contribution >= 0.6 is 0 Å². The molecule has 0 bridgehead atoms. The number of amides is 1. The molecule has 0 saturated carbocycles. The van der Waals surface area contributed by atoms with Crippen LogP contribution in [0, 0.1) is 5.82 Å². The molecule has 6 nitrogen and oxygen atoms in total. The van der Waals surface area contributed by atoms with Crippen LogP contribution in [0.4, 0.5) is 4.39 Å². The van der Waals surface area contributed by atoms with Crippen LogP contribution in [-0.2, 0) is 11.3 Å². The molecule has 0 heterocycles. The minimum absolute atomic E-state index is 0.164. The molecule has 0 aromatic heterocycles. The van der Waals surface area contributed by atoms with Crippen LogP contribution in [-0.4, -0.2) is 32.5 Å². The van der Waals surface area contributed by atoms with Crippen LogP contribution in [0.2, 0.25) is 0 Å². The van der Waals surface area contributed by atoms with E-state index in [0.717, 1.165) is 5.56 Å². The van der Waals surface area contributed by atoms with E-state index in [0.29, 0.717) is 17.1 Å². The van der Waals surface area contributed by atoms with Crippen molar-refractivity contribution < 1.29 is 28.2 Å². The van der Waals surface area contributed by atoms with Gasteiger partial charge in [-0.2, -0.15) is 0 Å². The quantitative estimate of drug-likeness (QED) is 0.790. The number of nitrogens with one attached hydrogen (secondary N) is 1. The summed E-state index contributed by atoms with van der Waals surface area (Å²) >= 11 is 0. The van der Waals surface area contributed by atoms with E-state index < -0.39 is 5.82 Å². The van der Waals surface area contributed by atoms with Crippen molar-refractivity contribution in [1.82, 2.24) is 5.32 Å². The minimum Gasteiger partial charge on any atom is -0.493 e. The average molecular weight is 387 g/mol. The molecule has 0 spiro atoms. The molecule has 1 unspecified atom stereocenters. The summed E-state index contributed by atoms with van der Waals surface area (Å²) in [5, 5.41) is 2.74. The van der Waals surface area contributed by atoms with Crippen molar-refractivity contribution in [2.24, 2.45) is 0 Å². The predicted molar refractivity (Wildman–Crippen MR) is 101 cm³/mol. The Hall–Kier alpha value is -3.09. The topological polar surface area (TPSA) is 73.9 Å². The molecule has 1 amide bonds. The SMILES string of the molecule is COc1ccc(CNC(=O)COc2ccc(F)c3c2C(=O)CC3C)cc1OC. The Morgan fingerprint density at radius 2 is 1.86 bits per heavy atom. The van der Waals surface area contributed by atoms with E-state index in [2.05, 4.69) is 5.32 Å². The van der Waals surface area contributed by atoms with E-state index in [1.165, 1.54) is 19.2 Å². The lowest BCUT2D eigenvalue weighted by molar-refractivity contribution is -0.123. The molecule has 28 heavy (non-hydrogen) atoms. The highest BCUT2D eigenvalue weighted by Crippen LogP contribution is 2.39. The molecule has 0 radical (unpaired) electrons. The van der Waals surface area contributed by atoms with Crippen LogP contribution in [0.15, 0.2) is 30.3 Å². The van der Waals surface area contributed by atoms with E-state index >= 15 is 0 Å². The summed E-state index contributed by atoms with van der Waals surface area (Å²) in [6, 6.07) is 8.00. The van der Waals surface area contributed by atoms with Gasteiger partial charge in [0.2, 0.25) is 0 Å². The summed E-state index contributed by atoms with van der Waals surface area (Å²) in [6.07, 6.45) is 0.248. The van der Waals surface area contributed by atoms with Gasteiger partial charge in [0.1, 0.15) is 11.6 Å². The first-order valence-electron chi connectivity index (χ1n) is 8.90. The summed E-state index contributed by atoms with van der Waals surface area (Å²) < 4.78 is 29.9. The van der Waals surface area contributed by atoms with E-state index in [1.54, 1.807) is 26.2 Å². The largest absolute Gasteiger partial charge is 0.493 e. The zero-order chi connectivity index (χ0) is 20.3. The molecule has 2 aromatic rings. The molecule has 3 rings (SSSR count). The van der Waals surface area contributed by atoms with Crippen molar-refractivity contribution in [2.45, 2.75) is 25.8 Å². The maximum atomic E-state index is 14.0. The van der Waals surface area contributed by atoms with Crippen molar-refractivity contribution in [3.8, 4) is 17.2 Å². The Labute approximate surface area is 162 Å². The highest BCUT2D eigenvalue weighted by Gasteiger charge is 2.32. The first kappa shape index (κ1) is 19.7. The van der Waals surface area contributed by atoms with Crippen LogP contribution in [0.3, 0.4) is 0 Å². The molecule has 2 aromatic carbocycles. The smallest absolute Gasteiger partial charge is 0.258 e. The highest BCUT2D eigenvalue weighted by molar-refractivity contribution is 6.03. The molecule has 1 atom stereocenters. The van der Waals surface area contributed by atoms with Gasteiger partial charge in [0.15, 0.2) is 23.9 Å². The number of fused-ring (bicyclic) bond motifs is 1. The summed E-state index contributed by atoms with van der Waals surface area (Å²) in [6.45, 7) is 1.81. The molecule has 0 saturated heterocycles. The van der Waals surface area contributed by atoms with Crippen molar-refractivity contribution >= 4 is 11.7 Å². The number of carbonyl (C=O) groups is 2. The zero-order valence-electron chi connectivity index (χ0n) is 16.0. The number of carbonyl (C=O) groups excluding carboxylic acids is 2. The van der Waals surface area contributed by atoms with Crippen LogP contribution in [0.25, 0.3) is 0 Å². The molecular formula is C21H22FNO5. The van der Waals surface area contributed by atoms with Gasteiger partial charge in [-0.15, -0.1) is 0 Å². The number of ketones is 1. The molecule has 0 fully saturated rings. The third kappa shape index (κ3) is 3.93. The normalized spacial score (nSPS) is 15.1. The minimum atomic E-state index is -0.418. The second kappa shape index (κ2) is 8.29. The standard InChI is InChI=1S/C21H22FNO5/c1-12-8-15(24)21-17(7-5-14(22)20(12)21)28-11-19(25)23-10-13-4-6-16(26-2)18(9-13)27-3/h4-7,9,12H,8,10-11H2,1-3H3,(H,23,25). The Bertz CT molecular complexity index is 912. The van der Waals surface area contributed by atoms with Gasteiger partial charge in [-0.05, 0) is 35.7 Å². The van der Waals surface area contributed by atoms with Crippen molar-refractivity contribution in [2.75, 3.05) is 20.8 Å². The second-order valence-electron chi connectivity index (χ2n) is 6.62. The fourth-order valence-electron chi connectivity index (χ4n) is 3.33. The Morgan fingerprint density at radius 3 is 2.57 bits per heavy atom. The fraction of sp³-hybridized carbons (Fsp3) is 0.333. The molecule has 148 valence electrons. The number of Topliss-reactive ketones (excluding diaryl/α,β-unsaturated/α-hetero) is 1. The second-order valence-corrected chi connectivity index (χ2v) is 6.62. The molecule has 1 aliphatic carbocycles. The molecule has 7 heteroatoms. The first-order chi connectivity index (χ1) is 13.4. The van der Waals surface area contributed by atoms with E-state index in [9.17, 15) is 14.0 Å². The number of methoxy groups -OCH3 is 2. The molecular weight excluding hydrogens is 365 g/mol. The number of hydrogen-bond acceptors (Lipinski definition) is 5. The Morgan fingerprint density at radius 1 is 1.14 bits per heavy atom. The van der Waals surface area contributed by atoms with E-state index in [4.69, 9.17) is 14.2 Å². The number of rotatable bonds is 7. The van der Waals surface area contributed by atoms with Gasteiger partial charge in [0.25, 0.3) is 5.91 Å². The van der Waals surface area contributed by atoms with Gasteiger partial charge in [-0.1, -0.05) is 13.0 Å². The third-order valence-corrected chi connectivity index (χ3v) is 4.71. The van der Waals surface area contributed by atoms with Gasteiger partial charge in [0, 0.05) is 18.5 Å². The summed E-state index contributed by atoms with van der Waals surface area (Å²) in [5.41, 5.74) is 1.45. The van der Waals surface area contributed by atoms with Gasteiger partial charge < -0.3 is 19.5 Å². The molecule has 1 N–H and O–H groups in total. The van der Waals surface area contributed by atoms with Crippen LogP contribution < -0.4 is 19.5 Å². The first-order valence-corrected chi connectivity index (χ1v) is 8.90. The van der Waals surface area contributed by atoms with Gasteiger partial charge in [-0.3, -0.25) is 9.59 Å². The molecule has 1 aliphatic rings. The highest BCUT2D eigenvalue weighted by atomic mass is 19.1. The lowest BCUT2D eigenvalue weighted by Crippen LogP contribution is -2.28. The lowest BCUT2D eigenvalue weighted by atomic mass is 10.0. The van der Waals surface area contributed by atoms with Crippen molar-refractivity contribution in [1.29, 1.82) is 0 Å². The zero-order valence-corrected chi connectivity index (χ0v) is 16.0.